The van der Waals surface area contributed by atoms with Crippen LogP contribution in [-0.4, -0.2) is 51.4 Å². The Bertz CT molecular complexity index is 955. The average molecular weight is 405 g/mol. The zero-order valence-electron chi connectivity index (χ0n) is 14.4. The number of nitrogens with zero attached hydrogens (tertiary/aromatic N) is 3. The zero-order chi connectivity index (χ0) is 18.8. The van der Waals surface area contributed by atoms with Gasteiger partial charge in [-0.25, -0.2) is 9.97 Å². The number of H-pyrrole nitrogens is 1. The highest BCUT2D eigenvalue weighted by atomic mass is 35.5. The molecule has 2 aromatic heterocycles. The van der Waals surface area contributed by atoms with Crippen LogP contribution in [0, 0.1) is 0 Å². The van der Waals surface area contributed by atoms with E-state index in [0.717, 1.165) is 29.0 Å². The van der Waals surface area contributed by atoms with E-state index in [1.807, 2.05) is 17.2 Å². The Balaban J connectivity index is 1.33. The van der Waals surface area contributed by atoms with Gasteiger partial charge in [-0.05, 0) is 30.7 Å². The van der Waals surface area contributed by atoms with E-state index in [4.69, 9.17) is 23.2 Å². The van der Waals surface area contributed by atoms with Crippen LogP contribution >= 0.6 is 23.2 Å². The first-order valence-electron chi connectivity index (χ1n) is 8.61. The molecule has 1 aliphatic heterocycles. The van der Waals surface area contributed by atoms with Gasteiger partial charge in [0.25, 0.3) is 0 Å². The number of rotatable bonds is 5. The predicted octanol–water partition coefficient (Wildman–Crippen LogP) is 3.39. The first-order valence-corrected chi connectivity index (χ1v) is 9.36. The van der Waals surface area contributed by atoms with Crippen molar-refractivity contribution in [3.8, 4) is 0 Å². The van der Waals surface area contributed by atoms with Crippen molar-refractivity contribution < 1.29 is 4.79 Å². The van der Waals surface area contributed by atoms with Crippen LogP contribution in [-0.2, 0) is 4.79 Å². The summed E-state index contributed by atoms with van der Waals surface area (Å²) in [4.78, 5) is 25.9. The predicted molar refractivity (Wildman–Crippen MR) is 107 cm³/mol. The number of hydrogen-bond acceptors (Lipinski definition) is 5. The second-order valence-corrected chi connectivity index (χ2v) is 7.32. The number of carbonyl (C=O) groups excluding carboxylic acids is 1. The van der Waals surface area contributed by atoms with Crippen LogP contribution in [0.3, 0.4) is 0 Å². The molecule has 140 valence electrons. The molecule has 1 fully saturated rings. The largest absolute Gasteiger partial charge is 0.376 e. The molecular formula is C18H18Cl2N6O. The number of likely N-dealkylation sites (tertiary alicyclic amines) is 1. The number of aromatic nitrogens is 3. The van der Waals surface area contributed by atoms with Gasteiger partial charge in [-0.1, -0.05) is 23.2 Å². The molecule has 27 heavy (non-hydrogen) atoms. The highest BCUT2D eigenvalue weighted by molar-refractivity contribution is 6.35. The first-order chi connectivity index (χ1) is 13.1. The number of carbonyl (C=O) groups is 1. The van der Waals surface area contributed by atoms with E-state index >= 15 is 0 Å². The van der Waals surface area contributed by atoms with E-state index in [0.29, 0.717) is 23.1 Å². The van der Waals surface area contributed by atoms with Gasteiger partial charge in [0.2, 0.25) is 5.91 Å². The van der Waals surface area contributed by atoms with Crippen LogP contribution in [0.15, 0.2) is 36.8 Å². The Labute approximate surface area is 166 Å². The van der Waals surface area contributed by atoms with E-state index in [9.17, 15) is 4.79 Å². The van der Waals surface area contributed by atoms with E-state index in [1.54, 1.807) is 18.2 Å². The molecule has 3 aromatic rings. The summed E-state index contributed by atoms with van der Waals surface area (Å²) in [6, 6.07) is 7.23. The van der Waals surface area contributed by atoms with Crippen molar-refractivity contribution in [3.63, 3.8) is 0 Å². The topological polar surface area (TPSA) is 85.9 Å². The number of aromatic amines is 1. The van der Waals surface area contributed by atoms with Crippen LogP contribution in [0.25, 0.3) is 11.0 Å². The number of amides is 1. The molecule has 9 heteroatoms. The summed E-state index contributed by atoms with van der Waals surface area (Å²) in [6.45, 7) is 1.53. The summed E-state index contributed by atoms with van der Waals surface area (Å²) in [5, 5.41) is 8.51. The third-order valence-corrected chi connectivity index (χ3v) is 4.98. The van der Waals surface area contributed by atoms with E-state index in [1.165, 1.54) is 6.33 Å². The third-order valence-electron chi connectivity index (χ3n) is 4.54. The Hall–Kier alpha value is -2.51. The fraction of sp³-hybridized carbons (Fsp3) is 0.278. The SMILES string of the molecule is O=C(CNc1cc(Cl)cc(Cl)c1)N1CC[C@@H](Nc2ncnc3[nH]ccc23)C1. The van der Waals surface area contributed by atoms with E-state index in [-0.39, 0.29) is 18.5 Å². The van der Waals surface area contributed by atoms with Gasteiger partial charge in [0.15, 0.2) is 0 Å². The molecule has 1 aliphatic rings. The molecule has 1 atom stereocenters. The van der Waals surface area contributed by atoms with Gasteiger partial charge in [0, 0.05) is 41.1 Å². The van der Waals surface area contributed by atoms with Crippen LogP contribution in [0.5, 0.6) is 0 Å². The van der Waals surface area contributed by atoms with Crippen LogP contribution in [0.1, 0.15) is 6.42 Å². The highest BCUT2D eigenvalue weighted by Gasteiger charge is 2.26. The van der Waals surface area contributed by atoms with Crippen molar-refractivity contribution in [2.45, 2.75) is 12.5 Å². The number of hydrogen-bond donors (Lipinski definition) is 3. The van der Waals surface area contributed by atoms with Crippen LogP contribution in [0.2, 0.25) is 10.0 Å². The molecule has 0 bridgehead atoms. The zero-order valence-corrected chi connectivity index (χ0v) is 15.9. The van der Waals surface area contributed by atoms with Gasteiger partial charge in [-0.15, -0.1) is 0 Å². The average Bonchev–Trinajstić information content (AvgIpc) is 3.28. The Morgan fingerprint density at radius 1 is 1.26 bits per heavy atom. The van der Waals surface area contributed by atoms with Crippen molar-refractivity contribution in [2.75, 3.05) is 30.3 Å². The second-order valence-electron chi connectivity index (χ2n) is 6.44. The molecule has 1 saturated heterocycles. The normalized spacial score (nSPS) is 16.7. The monoisotopic (exact) mass is 404 g/mol. The lowest BCUT2D eigenvalue weighted by Crippen LogP contribution is -2.35. The summed E-state index contributed by atoms with van der Waals surface area (Å²) in [5.74, 6) is 0.817. The maximum atomic E-state index is 12.5. The van der Waals surface area contributed by atoms with Gasteiger partial charge >= 0.3 is 0 Å². The number of nitrogens with one attached hydrogen (secondary N) is 3. The molecule has 0 aliphatic carbocycles. The quantitative estimate of drug-likeness (QED) is 0.606. The molecule has 0 unspecified atom stereocenters. The molecule has 1 amide bonds. The summed E-state index contributed by atoms with van der Waals surface area (Å²) in [7, 11) is 0. The first kappa shape index (κ1) is 17.9. The van der Waals surface area contributed by atoms with Crippen molar-refractivity contribution in [1.82, 2.24) is 19.9 Å². The standard InChI is InChI=1S/C18H18Cl2N6O/c19-11-5-12(20)7-14(6-11)22-8-16(27)26-4-2-13(9-26)25-18-15-1-3-21-17(15)23-10-24-18/h1,3,5-7,10,13,22H,2,4,8-9H2,(H2,21,23,24,25)/t13-/m1/s1. The van der Waals surface area contributed by atoms with Crippen LogP contribution < -0.4 is 10.6 Å². The van der Waals surface area contributed by atoms with Gasteiger partial charge in [0.1, 0.15) is 17.8 Å². The van der Waals surface area contributed by atoms with E-state index in [2.05, 4.69) is 25.6 Å². The molecule has 7 nitrogen and oxygen atoms in total. The summed E-state index contributed by atoms with van der Waals surface area (Å²) < 4.78 is 0. The number of fused-ring (bicyclic) bond motifs is 1. The Kier molecular flexibility index (Phi) is 5.05. The lowest BCUT2D eigenvalue weighted by Gasteiger charge is -2.18. The van der Waals surface area contributed by atoms with Crippen molar-refractivity contribution in [2.24, 2.45) is 0 Å². The number of anilines is 2. The molecule has 4 rings (SSSR count). The van der Waals surface area contributed by atoms with Gasteiger partial charge in [-0.3, -0.25) is 4.79 Å². The van der Waals surface area contributed by atoms with Gasteiger partial charge in [-0.2, -0.15) is 0 Å². The van der Waals surface area contributed by atoms with Gasteiger partial charge in [0.05, 0.1) is 11.9 Å². The number of halogens is 2. The minimum atomic E-state index is 0.0323. The molecular weight excluding hydrogens is 387 g/mol. The summed E-state index contributed by atoms with van der Waals surface area (Å²) in [6.07, 6.45) is 4.23. The van der Waals surface area contributed by atoms with Crippen molar-refractivity contribution >= 4 is 51.6 Å². The van der Waals surface area contributed by atoms with Gasteiger partial charge < -0.3 is 20.5 Å². The molecule has 3 N–H and O–H groups in total. The Morgan fingerprint density at radius 3 is 2.89 bits per heavy atom. The maximum Gasteiger partial charge on any atom is 0.241 e. The highest BCUT2D eigenvalue weighted by Crippen LogP contribution is 2.23. The molecule has 1 aromatic carbocycles. The fourth-order valence-corrected chi connectivity index (χ4v) is 3.76. The second kappa shape index (κ2) is 7.62. The summed E-state index contributed by atoms with van der Waals surface area (Å²) in [5.41, 5.74) is 1.52. The molecule has 3 heterocycles. The lowest BCUT2D eigenvalue weighted by atomic mass is 10.2. The lowest BCUT2D eigenvalue weighted by molar-refractivity contribution is -0.128. The number of benzene rings is 1. The fourth-order valence-electron chi connectivity index (χ4n) is 3.23. The minimum absolute atomic E-state index is 0.0323. The van der Waals surface area contributed by atoms with E-state index < -0.39 is 0 Å². The van der Waals surface area contributed by atoms with Crippen molar-refractivity contribution in [1.29, 1.82) is 0 Å². The Morgan fingerprint density at radius 2 is 2.07 bits per heavy atom. The minimum Gasteiger partial charge on any atom is -0.376 e. The van der Waals surface area contributed by atoms with Crippen molar-refractivity contribution in [3.05, 3.63) is 46.8 Å². The molecule has 0 spiro atoms. The maximum absolute atomic E-state index is 12.5. The molecule has 0 radical (unpaired) electrons. The smallest absolute Gasteiger partial charge is 0.241 e. The third kappa shape index (κ3) is 4.09. The van der Waals surface area contributed by atoms with Crippen LogP contribution in [0.4, 0.5) is 11.5 Å². The summed E-state index contributed by atoms with van der Waals surface area (Å²) >= 11 is 12.0. The molecule has 0 saturated carbocycles.